The second-order valence-electron chi connectivity index (χ2n) is 2.33. The number of unbranched alkanes of at least 4 members (excludes halogenated alkanes) is 3. The van der Waals surface area contributed by atoms with Crippen molar-refractivity contribution in [2.24, 2.45) is 0 Å². The van der Waals surface area contributed by atoms with Crippen molar-refractivity contribution in [1.82, 2.24) is 0 Å². The summed E-state index contributed by atoms with van der Waals surface area (Å²) in [6, 6.07) is 0. The third kappa shape index (κ3) is 10.0. The molecule has 0 aliphatic heterocycles. The van der Waals surface area contributed by atoms with E-state index < -0.39 is 0 Å². The van der Waals surface area contributed by atoms with Gasteiger partial charge in [0.25, 0.3) is 0 Å². The number of rotatable bonds is 5. The van der Waals surface area contributed by atoms with Crippen molar-refractivity contribution in [2.75, 3.05) is 11.9 Å². The maximum absolute atomic E-state index is 8.43. The lowest BCUT2D eigenvalue weighted by atomic mass is 10.2. The fraction of sp³-hybridized carbons (Fsp3) is 0.778. The van der Waals surface area contributed by atoms with Crippen LogP contribution >= 0.6 is 15.9 Å². The Balaban J connectivity index is 2.99. The highest BCUT2D eigenvalue weighted by atomic mass is 79.9. The molecule has 1 N–H and O–H groups in total. The van der Waals surface area contributed by atoms with Crippen molar-refractivity contribution in [2.45, 2.75) is 32.1 Å². The van der Waals surface area contributed by atoms with E-state index in [9.17, 15) is 0 Å². The van der Waals surface area contributed by atoms with Crippen LogP contribution in [0.3, 0.4) is 0 Å². The molecule has 0 saturated carbocycles. The molecule has 0 aromatic rings. The molecule has 64 valence electrons. The predicted octanol–water partition coefficient (Wildman–Crippen LogP) is 2.33. The lowest BCUT2D eigenvalue weighted by Crippen LogP contribution is -1.79. The van der Waals surface area contributed by atoms with Gasteiger partial charge in [0.2, 0.25) is 0 Å². The zero-order valence-electron chi connectivity index (χ0n) is 6.77. The van der Waals surface area contributed by atoms with Gasteiger partial charge in [0.05, 0.1) is 0 Å². The number of aliphatic hydroxyl groups excluding tert-OH is 1. The van der Waals surface area contributed by atoms with E-state index in [1.807, 2.05) is 0 Å². The maximum atomic E-state index is 8.43. The van der Waals surface area contributed by atoms with Crippen LogP contribution in [0.5, 0.6) is 0 Å². The standard InChI is InChI=1S/C9H15BrO/c10-8-6-4-2-1-3-5-7-9-11/h11H,2,4-9H2. The van der Waals surface area contributed by atoms with Gasteiger partial charge in [-0.3, -0.25) is 0 Å². The SMILES string of the molecule is OCCCC#CCCCCBr. The van der Waals surface area contributed by atoms with Crippen molar-refractivity contribution in [3.8, 4) is 11.8 Å². The van der Waals surface area contributed by atoms with Crippen LogP contribution in [0, 0.1) is 11.8 Å². The lowest BCUT2D eigenvalue weighted by Gasteiger charge is -1.87. The molecule has 0 heterocycles. The molecule has 0 spiro atoms. The molecule has 0 rings (SSSR count). The molecule has 0 unspecified atom stereocenters. The minimum Gasteiger partial charge on any atom is -0.396 e. The van der Waals surface area contributed by atoms with Crippen molar-refractivity contribution < 1.29 is 5.11 Å². The number of hydrogen-bond donors (Lipinski definition) is 1. The number of halogens is 1. The highest BCUT2D eigenvalue weighted by molar-refractivity contribution is 9.09. The van der Waals surface area contributed by atoms with Gasteiger partial charge in [-0.2, -0.15) is 0 Å². The zero-order chi connectivity index (χ0) is 8.36. The van der Waals surface area contributed by atoms with E-state index in [1.165, 1.54) is 12.8 Å². The van der Waals surface area contributed by atoms with Crippen LogP contribution < -0.4 is 0 Å². The van der Waals surface area contributed by atoms with Gasteiger partial charge in [0.15, 0.2) is 0 Å². The molecule has 0 aromatic heterocycles. The summed E-state index contributed by atoms with van der Waals surface area (Å²) in [5.41, 5.74) is 0. The fourth-order valence-electron chi connectivity index (χ4n) is 0.652. The number of aliphatic hydroxyl groups is 1. The van der Waals surface area contributed by atoms with Crippen LogP contribution in [0.25, 0.3) is 0 Å². The normalized spacial score (nSPS) is 8.91. The highest BCUT2D eigenvalue weighted by Crippen LogP contribution is 1.96. The molecule has 2 heteroatoms. The number of alkyl halides is 1. The van der Waals surface area contributed by atoms with Gasteiger partial charge in [-0.25, -0.2) is 0 Å². The summed E-state index contributed by atoms with van der Waals surface area (Å²) in [5, 5.41) is 9.51. The molecule has 0 aromatic carbocycles. The second kappa shape index (κ2) is 10.0. The fourth-order valence-corrected chi connectivity index (χ4v) is 1.05. The van der Waals surface area contributed by atoms with Crippen LogP contribution in [0.1, 0.15) is 32.1 Å². The van der Waals surface area contributed by atoms with Crippen LogP contribution in [0.15, 0.2) is 0 Å². The van der Waals surface area contributed by atoms with Gasteiger partial charge in [0.1, 0.15) is 0 Å². The first-order valence-corrected chi connectivity index (χ1v) is 5.16. The van der Waals surface area contributed by atoms with E-state index in [4.69, 9.17) is 5.11 Å². The minimum atomic E-state index is 0.260. The minimum absolute atomic E-state index is 0.260. The molecule has 0 aliphatic carbocycles. The van der Waals surface area contributed by atoms with Crippen molar-refractivity contribution in [1.29, 1.82) is 0 Å². The number of hydrogen-bond acceptors (Lipinski definition) is 1. The van der Waals surface area contributed by atoms with Gasteiger partial charge in [0, 0.05) is 24.8 Å². The lowest BCUT2D eigenvalue weighted by molar-refractivity contribution is 0.290. The summed E-state index contributed by atoms with van der Waals surface area (Å²) < 4.78 is 0. The summed E-state index contributed by atoms with van der Waals surface area (Å²) in [6.07, 6.45) is 5.03. The summed E-state index contributed by atoms with van der Waals surface area (Å²) >= 11 is 3.36. The summed E-state index contributed by atoms with van der Waals surface area (Å²) in [6.45, 7) is 0.260. The van der Waals surface area contributed by atoms with Crippen LogP contribution in [-0.2, 0) is 0 Å². The van der Waals surface area contributed by atoms with E-state index in [1.54, 1.807) is 0 Å². The second-order valence-corrected chi connectivity index (χ2v) is 3.12. The smallest absolute Gasteiger partial charge is 0.0440 e. The van der Waals surface area contributed by atoms with Gasteiger partial charge in [-0.05, 0) is 19.3 Å². The monoisotopic (exact) mass is 218 g/mol. The first kappa shape index (κ1) is 11.0. The van der Waals surface area contributed by atoms with Crippen LogP contribution in [-0.4, -0.2) is 17.0 Å². The molecular weight excluding hydrogens is 204 g/mol. The first-order chi connectivity index (χ1) is 5.41. The Morgan fingerprint density at radius 2 is 1.64 bits per heavy atom. The molecular formula is C9H15BrO. The Kier molecular flexibility index (Phi) is 10.0. The van der Waals surface area contributed by atoms with Crippen LogP contribution in [0.2, 0.25) is 0 Å². The van der Waals surface area contributed by atoms with Crippen molar-refractivity contribution in [3.63, 3.8) is 0 Å². The van der Waals surface area contributed by atoms with Crippen LogP contribution in [0.4, 0.5) is 0 Å². The van der Waals surface area contributed by atoms with Gasteiger partial charge >= 0.3 is 0 Å². The summed E-state index contributed by atoms with van der Waals surface area (Å²) in [5.74, 6) is 6.09. The van der Waals surface area contributed by atoms with Gasteiger partial charge in [-0.1, -0.05) is 15.9 Å². The zero-order valence-corrected chi connectivity index (χ0v) is 8.36. The third-order valence-corrected chi connectivity index (χ3v) is 1.83. The Hall–Kier alpha value is 0. The molecule has 0 saturated heterocycles. The Labute approximate surface area is 77.3 Å². The van der Waals surface area contributed by atoms with E-state index in [0.717, 1.165) is 24.6 Å². The Bertz CT molecular complexity index is 123. The molecule has 0 bridgehead atoms. The van der Waals surface area contributed by atoms with Gasteiger partial charge in [-0.15, -0.1) is 11.8 Å². The largest absolute Gasteiger partial charge is 0.396 e. The van der Waals surface area contributed by atoms with E-state index in [-0.39, 0.29) is 6.61 Å². The molecule has 0 atom stereocenters. The molecule has 0 fully saturated rings. The summed E-state index contributed by atoms with van der Waals surface area (Å²) in [4.78, 5) is 0. The highest BCUT2D eigenvalue weighted by Gasteiger charge is 1.81. The molecule has 11 heavy (non-hydrogen) atoms. The van der Waals surface area contributed by atoms with Gasteiger partial charge < -0.3 is 5.11 Å². The summed E-state index contributed by atoms with van der Waals surface area (Å²) in [7, 11) is 0. The molecule has 0 aliphatic rings. The molecule has 0 amide bonds. The molecule has 0 radical (unpaired) electrons. The topological polar surface area (TPSA) is 20.2 Å². The quantitative estimate of drug-likeness (QED) is 0.427. The predicted molar refractivity (Wildman–Crippen MR) is 51.7 cm³/mol. The third-order valence-electron chi connectivity index (χ3n) is 1.27. The van der Waals surface area contributed by atoms with Crippen molar-refractivity contribution in [3.05, 3.63) is 0 Å². The average Bonchev–Trinajstić information content (AvgIpc) is 2.03. The molecule has 1 nitrogen and oxygen atoms in total. The maximum Gasteiger partial charge on any atom is 0.0440 e. The average molecular weight is 219 g/mol. The van der Waals surface area contributed by atoms with E-state index in [2.05, 4.69) is 27.8 Å². The Morgan fingerprint density at radius 1 is 1.00 bits per heavy atom. The Morgan fingerprint density at radius 3 is 2.18 bits per heavy atom. The van der Waals surface area contributed by atoms with E-state index >= 15 is 0 Å². The van der Waals surface area contributed by atoms with E-state index in [0.29, 0.717) is 0 Å². The van der Waals surface area contributed by atoms with Crippen molar-refractivity contribution >= 4 is 15.9 Å². The first-order valence-electron chi connectivity index (χ1n) is 4.04.